The summed E-state index contributed by atoms with van der Waals surface area (Å²) in [5, 5.41) is 15.0. The predicted molar refractivity (Wildman–Crippen MR) is 105 cm³/mol. The maximum Gasteiger partial charge on any atom is 0.162 e. The third kappa shape index (κ3) is 2.82. The van der Waals surface area contributed by atoms with Crippen LogP contribution in [0.25, 0.3) is 22.3 Å². The van der Waals surface area contributed by atoms with E-state index in [1.807, 2.05) is 48.5 Å². The van der Waals surface area contributed by atoms with Gasteiger partial charge in [0.1, 0.15) is 5.82 Å². The summed E-state index contributed by atoms with van der Waals surface area (Å²) in [5.74, 6) is 1.37. The maximum absolute atomic E-state index is 10.6. The molecule has 0 saturated heterocycles. The predicted octanol–water partition coefficient (Wildman–Crippen LogP) is 3.76. The summed E-state index contributed by atoms with van der Waals surface area (Å²) in [7, 11) is 0. The number of hydrogen-bond donors (Lipinski definition) is 2. The summed E-state index contributed by atoms with van der Waals surface area (Å²) in [6, 6.07) is 19.7. The molecule has 0 radical (unpaired) electrons. The van der Waals surface area contributed by atoms with Gasteiger partial charge >= 0.3 is 0 Å². The number of pyridine rings is 1. The number of aliphatic hydroxyl groups is 1. The number of aliphatic hydroxyl groups excluding tert-OH is 1. The molecule has 2 N–H and O–H groups in total. The largest absolute Gasteiger partial charge is 0.390 e. The average molecular weight is 354 g/mol. The fourth-order valence-electron chi connectivity index (χ4n) is 3.71. The number of fused-ring (bicyclic) bond motifs is 2. The van der Waals surface area contributed by atoms with Gasteiger partial charge < -0.3 is 10.4 Å². The van der Waals surface area contributed by atoms with Crippen LogP contribution in [0.4, 0.5) is 5.82 Å². The van der Waals surface area contributed by atoms with Crippen molar-refractivity contribution in [2.24, 2.45) is 0 Å². The number of nitrogens with one attached hydrogen (secondary N) is 1. The average Bonchev–Trinajstić information content (AvgIpc) is 3.04. The minimum Gasteiger partial charge on any atom is -0.390 e. The summed E-state index contributed by atoms with van der Waals surface area (Å²) in [6.07, 6.45) is 3.63. The molecule has 5 rings (SSSR count). The van der Waals surface area contributed by atoms with E-state index in [-0.39, 0.29) is 6.04 Å². The first kappa shape index (κ1) is 15.9. The molecule has 0 unspecified atom stereocenters. The Balaban J connectivity index is 1.62. The van der Waals surface area contributed by atoms with Crippen LogP contribution in [0, 0.1) is 0 Å². The lowest BCUT2D eigenvalue weighted by atomic mass is 10.1. The van der Waals surface area contributed by atoms with Crippen molar-refractivity contribution in [2.45, 2.75) is 18.6 Å². The van der Waals surface area contributed by atoms with E-state index in [0.29, 0.717) is 12.2 Å². The van der Waals surface area contributed by atoms with Gasteiger partial charge in [0.25, 0.3) is 0 Å². The quantitative estimate of drug-likeness (QED) is 0.586. The molecule has 0 bridgehead atoms. The standard InChI is InChI=1S/C22H18N4O/c27-19-13-15-5-1-2-6-16(15)20(19)25-22-17-7-3-4-8-18(17)24-21(26-22)14-9-11-23-12-10-14/h1-12,19-20,27H,13H2,(H,24,25,26)/t19-,20+/m0/s1. The molecule has 5 nitrogen and oxygen atoms in total. The van der Waals surface area contributed by atoms with E-state index in [9.17, 15) is 5.11 Å². The van der Waals surface area contributed by atoms with E-state index in [0.717, 1.165) is 27.8 Å². The summed E-state index contributed by atoms with van der Waals surface area (Å²) in [4.78, 5) is 13.6. The van der Waals surface area contributed by atoms with Gasteiger partial charge in [0.15, 0.2) is 5.82 Å². The summed E-state index contributed by atoms with van der Waals surface area (Å²) < 4.78 is 0. The van der Waals surface area contributed by atoms with Gasteiger partial charge in [0.2, 0.25) is 0 Å². The molecule has 27 heavy (non-hydrogen) atoms. The van der Waals surface area contributed by atoms with Crippen LogP contribution in [0.2, 0.25) is 0 Å². The van der Waals surface area contributed by atoms with Gasteiger partial charge in [-0.2, -0.15) is 0 Å². The second-order valence-electron chi connectivity index (χ2n) is 6.74. The Labute approximate surface area is 156 Å². The first-order valence-corrected chi connectivity index (χ1v) is 8.99. The lowest BCUT2D eigenvalue weighted by Gasteiger charge is -2.20. The van der Waals surface area contributed by atoms with Crippen LogP contribution in [-0.4, -0.2) is 26.2 Å². The minimum atomic E-state index is -0.486. The van der Waals surface area contributed by atoms with Crippen LogP contribution in [0.1, 0.15) is 17.2 Å². The molecule has 4 aromatic rings. The number of benzene rings is 2. The molecule has 0 amide bonds. The van der Waals surface area contributed by atoms with Crippen LogP contribution in [0.15, 0.2) is 73.1 Å². The van der Waals surface area contributed by atoms with Crippen LogP contribution in [-0.2, 0) is 6.42 Å². The van der Waals surface area contributed by atoms with Gasteiger partial charge in [-0.25, -0.2) is 9.97 Å². The van der Waals surface area contributed by atoms with Crippen molar-refractivity contribution in [1.29, 1.82) is 0 Å². The zero-order valence-corrected chi connectivity index (χ0v) is 14.6. The zero-order chi connectivity index (χ0) is 18.2. The number of hydrogen-bond acceptors (Lipinski definition) is 5. The summed E-state index contributed by atoms with van der Waals surface area (Å²) in [5.41, 5.74) is 4.07. The Hall–Kier alpha value is -3.31. The SMILES string of the molecule is O[C@H]1Cc2ccccc2[C@H]1Nc1nc(-c2ccncc2)nc2ccccc12. The summed E-state index contributed by atoms with van der Waals surface area (Å²) in [6.45, 7) is 0. The molecule has 0 fully saturated rings. The van der Waals surface area contributed by atoms with Gasteiger partial charge in [-0.05, 0) is 35.4 Å². The second kappa shape index (κ2) is 6.45. The van der Waals surface area contributed by atoms with Crippen LogP contribution in [0.3, 0.4) is 0 Å². The molecule has 2 aromatic heterocycles. The van der Waals surface area contributed by atoms with Crippen molar-refractivity contribution in [2.75, 3.05) is 5.32 Å². The molecule has 2 heterocycles. The fourth-order valence-corrected chi connectivity index (χ4v) is 3.71. The van der Waals surface area contributed by atoms with E-state index < -0.39 is 6.10 Å². The first-order chi connectivity index (χ1) is 13.3. The molecule has 2 atom stereocenters. The lowest BCUT2D eigenvalue weighted by Crippen LogP contribution is -2.22. The molecule has 0 spiro atoms. The van der Waals surface area contributed by atoms with Crippen LogP contribution in [0.5, 0.6) is 0 Å². The number of anilines is 1. The smallest absolute Gasteiger partial charge is 0.162 e. The van der Waals surface area contributed by atoms with E-state index >= 15 is 0 Å². The molecule has 132 valence electrons. The topological polar surface area (TPSA) is 70.9 Å². The zero-order valence-electron chi connectivity index (χ0n) is 14.6. The van der Waals surface area contributed by atoms with E-state index in [2.05, 4.69) is 22.4 Å². The highest BCUT2D eigenvalue weighted by molar-refractivity contribution is 5.90. The Bertz CT molecular complexity index is 1110. The molecular formula is C22H18N4O. The van der Waals surface area contributed by atoms with Crippen LogP contribution < -0.4 is 5.32 Å². The highest BCUT2D eigenvalue weighted by Crippen LogP contribution is 2.35. The van der Waals surface area contributed by atoms with E-state index in [4.69, 9.17) is 9.97 Å². The highest BCUT2D eigenvalue weighted by Gasteiger charge is 2.31. The lowest BCUT2D eigenvalue weighted by molar-refractivity contribution is 0.165. The van der Waals surface area contributed by atoms with E-state index in [1.54, 1.807) is 12.4 Å². The molecule has 5 heteroatoms. The monoisotopic (exact) mass is 354 g/mol. The van der Waals surface area contributed by atoms with Crippen molar-refractivity contribution in [3.8, 4) is 11.4 Å². The Morgan fingerprint density at radius 2 is 1.67 bits per heavy atom. The third-order valence-corrected chi connectivity index (χ3v) is 5.04. The molecular weight excluding hydrogens is 336 g/mol. The van der Waals surface area contributed by atoms with Gasteiger partial charge in [-0.3, -0.25) is 4.98 Å². The van der Waals surface area contributed by atoms with Crippen molar-refractivity contribution in [1.82, 2.24) is 15.0 Å². The fraction of sp³-hybridized carbons (Fsp3) is 0.136. The number of nitrogens with zero attached hydrogens (tertiary/aromatic N) is 3. The van der Waals surface area contributed by atoms with Crippen molar-refractivity contribution in [3.05, 3.63) is 84.2 Å². The number of rotatable bonds is 3. The Kier molecular flexibility index (Phi) is 3.80. The van der Waals surface area contributed by atoms with Crippen molar-refractivity contribution >= 4 is 16.7 Å². The molecule has 0 aliphatic heterocycles. The van der Waals surface area contributed by atoms with Gasteiger partial charge in [0.05, 0.1) is 17.7 Å². The molecule has 2 aromatic carbocycles. The minimum absolute atomic E-state index is 0.190. The summed E-state index contributed by atoms with van der Waals surface area (Å²) >= 11 is 0. The number of para-hydroxylation sites is 1. The van der Waals surface area contributed by atoms with Crippen LogP contribution >= 0.6 is 0 Å². The molecule has 1 aliphatic carbocycles. The van der Waals surface area contributed by atoms with Crippen molar-refractivity contribution in [3.63, 3.8) is 0 Å². The maximum atomic E-state index is 10.6. The third-order valence-electron chi connectivity index (χ3n) is 5.04. The second-order valence-corrected chi connectivity index (χ2v) is 6.74. The highest BCUT2D eigenvalue weighted by atomic mass is 16.3. The molecule has 1 aliphatic rings. The van der Waals surface area contributed by atoms with Crippen molar-refractivity contribution < 1.29 is 5.11 Å². The van der Waals surface area contributed by atoms with Gasteiger partial charge in [0, 0.05) is 29.8 Å². The molecule has 0 saturated carbocycles. The van der Waals surface area contributed by atoms with E-state index in [1.165, 1.54) is 5.56 Å². The van der Waals surface area contributed by atoms with Gasteiger partial charge in [-0.1, -0.05) is 36.4 Å². The van der Waals surface area contributed by atoms with Gasteiger partial charge in [-0.15, -0.1) is 0 Å². The Morgan fingerprint density at radius 3 is 2.56 bits per heavy atom. The number of aromatic nitrogens is 3. The first-order valence-electron chi connectivity index (χ1n) is 8.99. The Morgan fingerprint density at radius 1 is 0.889 bits per heavy atom. The normalized spacial score (nSPS) is 18.4.